The number of Topliss-reactive ketones (excluding diaryl/α,β-unsaturated/α-hetero) is 1. The summed E-state index contributed by atoms with van der Waals surface area (Å²) in [5, 5.41) is 10.4. The molecule has 2 aliphatic carbocycles. The van der Waals surface area contributed by atoms with Gasteiger partial charge in [-0.2, -0.15) is 13.2 Å². The van der Waals surface area contributed by atoms with Crippen LogP contribution >= 0.6 is 11.9 Å². The maximum atomic E-state index is 14.3. The molecule has 3 atom stereocenters. The number of carboxylic acid groups (broad SMARTS) is 1. The number of nitrogens with one attached hydrogen (secondary N) is 1. The van der Waals surface area contributed by atoms with Gasteiger partial charge in [0.25, 0.3) is 0 Å². The second-order valence-corrected chi connectivity index (χ2v) is 9.39. The third-order valence-corrected chi connectivity index (χ3v) is 7.36. The summed E-state index contributed by atoms with van der Waals surface area (Å²) in [6.45, 7) is 1.49. The SMILES string of the molecule is O=C(O)C(F)(F)F.O=C1CC(F)=CC23NC=NC24CN(Sc2ccccc2)CC=C4CCC13. The van der Waals surface area contributed by atoms with Gasteiger partial charge in [0.1, 0.15) is 17.1 Å². The maximum Gasteiger partial charge on any atom is 0.490 e. The zero-order valence-corrected chi connectivity index (χ0v) is 18.1. The van der Waals surface area contributed by atoms with Gasteiger partial charge in [0.2, 0.25) is 0 Å². The van der Waals surface area contributed by atoms with Crippen LogP contribution in [0.25, 0.3) is 0 Å². The van der Waals surface area contributed by atoms with Crippen LogP contribution in [0.2, 0.25) is 0 Å². The van der Waals surface area contributed by atoms with Gasteiger partial charge in [-0.3, -0.25) is 9.79 Å². The fourth-order valence-corrected chi connectivity index (χ4v) is 5.96. The second kappa shape index (κ2) is 8.60. The molecular formula is C22H21F4N3O3S. The van der Waals surface area contributed by atoms with Crippen LogP contribution in [0.1, 0.15) is 19.3 Å². The Hall–Kier alpha value is -2.66. The average molecular weight is 483 g/mol. The number of aliphatic carboxylic acids is 1. The van der Waals surface area contributed by atoms with Crippen molar-refractivity contribution in [2.75, 3.05) is 13.1 Å². The number of rotatable bonds is 2. The first kappa shape index (κ1) is 23.5. The van der Waals surface area contributed by atoms with Gasteiger partial charge in [0.15, 0.2) is 0 Å². The first-order chi connectivity index (χ1) is 15.6. The van der Waals surface area contributed by atoms with Gasteiger partial charge in [-0.05, 0) is 48.6 Å². The molecule has 1 saturated carbocycles. The molecule has 0 bridgehead atoms. The second-order valence-electron chi connectivity index (χ2n) is 8.22. The molecular weight excluding hydrogens is 462 g/mol. The van der Waals surface area contributed by atoms with Crippen LogP contribution in [0.4, 0.5) is 17.6 Å². The highest BCUT2D eigenvalue weighted by molar-refractivity contribution is 7.97. The van der Waals surface area contributed by atoms with Crippen molar-refractivity contribution in [3.8, 4) is 0 Å². The van der Waals surface area contributed by atoms with E-state index in [0.29, 0.717) is 6.54 Å². The fourth-order valence-electron chi connectivity index (χ4n) is 4.99. The number of hydrogen-bond acceptors (Lipinski definition) is 6. The largest absolute Gasteiger partial charge is 0.490 e. The monoisotopic (exact) mass is 483 g/mol. The Labute approximate surface area is 191 Å². The van der Waals surface area contributed by atoms with E-state index in [0.717, 1.165) is 19.4 Å². The molecule has 2 N–H and O–H groups in total. The van der Waals surface area contributed by atoms with Gasteiger partial charge in [-0.25, -0.2) is 13.5 Å². The molecule has 3 unspecified atom stereocenters. The van der Waals surface area contributed by atoms with Crippen LogP contribution in [0.5, 0.6) is 0 Å². The van der Waals surface area contributed by atoms with Gasteiger partial charge in [-0.15, -0.1) is 0 Å². The number of benzene rings is 1. The highest BCUT2D eigenvalue weighted by atomic mass is 32.2. The van der Waals surface area contributed by atoms with E-state index in [1.54, 1.807) is 24.4 Å². The van der Waals surface area contributed by atoms with Crippen LogP contribution in [-0.2, 0) is 9.59 Å². The van der Waals surface area contributed by atoms with Gasteiger partial charge < -0.3 is 10.4 Å². The number of halogens is 4. The first-order valence-electron chi connectivity index (χ1n) is 10.3. The van der Waals surface area contributed by atoms with Crippen molar-refractivity contribution in [1.29, 1.82) is 0 Å². The summed E-state index contributed by atoms with van der Waals surface area (Å²) >= 11 is 1.69. The van der Waals surface area contributed by atoms with Crippen molar-refractivity contribution in [2.45, 2.75) is 41.4 Å². The summed E-state index contributed by atoms with van der Waals surface area (Å²) in [4.78, 5) is 27.5. The maximum absolute atomic E-state index is 14.3. The number of carbonyl (C=O) groups excluding carboxylic acids is 1. The van der Waals surface area contributed by atoms with E-state index in [-0.39, 0.29) is 23.9 Å². The summed E-state index contributed by atoms with van der Waals surface area (Å²) in [5.41, 5.74) is -0.117. The number of nitrogens with zero attached hydrogens (tertiary/aromatic N) is 2. The van der Waals surface area contributed by atoms with Gasteiger partial charge in [0.05, 0.1) is 18.3 Å². The Bertz CT molecular complexity index is 1040. The molecule has 0 aromatic heterocycles. The normalized spacial score (nSPS) is 30.5. The number of aliphatic imine (C=N–C) groups is 1. The quantitative estimate of drug-likeness (QED) is 0.377. The molecule has 0 saturated heterocycles. The zero-order valence-electron chi connectivity index (χ0n) is 17.3. The number of ketones is 1. The number of carboxylic acids is 1. The standard InChI is InChI=1S/C20H20FN3OS.C2HF3O2/c21-15-10-18(25)17-7-6-14-8-9-24(26-16-4-2-1-3-5-16)12-20(14)19(17,11-15)22-13-23-20;3-2(4,5)1(6)7/h1-5,8,11,13,17H,6-7,9-10,12H2,(H,22,23);(H,6,7). The molecule has 1 aromatic carbocycles. The number of allylic oxidation sites excluding steroid dienone is 1. The molecule has 4 aliphatic rings. The Morgan fingerprint density at radius 3 is 2.64 bits per heavy atom. The molecule has 0 amide bonds. The predicted octanol–water partition coefficient (Wildman–Crippen LogP) is 3.91. The lowest BCUT2D eigenvalue weighted by Gasteiger charge is -2.55. The summed E-state index contributed by atoms with van der Waals surface area (Å²) in [5.74, 6) is -3.32. The minimum Gasteiger partial charge on any atom is -0.475 e. The Kier molecular flexibility index (Phi) is 6.12. The Morgan fingerprint density at radius 2 is 1.97 bits per heavy atom. The van der Waals surface area contributed by atoms with Gasteiger partial charge in [0, 0.05) is 23.9 Å². The van der Waals surface area contributed by atoms with E-state index >= 15 is 0 Å². The smallest absolute Gasteiger partial charge is 0.475 e. The van der Waals surface area contributed by atoms with E-state index in [1.165, 1.54) is 10.5 Å². The van der Waals surface area contributed by atoms with Crippen LogP contribution < -0.4 is 5.32 Å². The van der Waals surface area contributed by atoms with Gasteiger partial charge in [-0.1, -0.05) is 24.3 Å². The lowest BCUT2D eigenvalue weighted by Crippen LogP contribution is -2.70. The average Bonchev–Trinajstić information content (AvgIpc) is 3.09. The van der Waals surface area contributed by atoms with Crippen molar-refractivity contribution in [3.63, 3.8) is 0 Å². The van der Waals surface area contributed by atoms with Crippen LogP contribution in [0, 0.1) is 5.92 Å². The minimum atomic E-state index is -5.08. The molecule has 2 aliphatic heterocycles. The van der Waals surface area contributed by atoms with Crippen LogP contribution in [0.15, 0.2) is 63.8 Å². The van der Waals surface area contributed by atoms with Gasteiger partial charge >= 0.3 is 12.1 Å². The lowest BCUT2D eigenvalue weighted by molar-refractivity contribution is -0.192. The number of carbonyl (C=O) groups is 2. The Morgan fingerprint density at radius 1 is 1.27 bits per heavy atom. The third-order valence-electron chi connectivity index (χ3n) is 6.34. The van der Waals surface area contributed by atoms with E-state index in [9.17, 15) is 22.4 Å². The molecule has 11 heteroatoms. The first-order valence-corrected chi connectivity index (χ1v) is 11.0. The predicted molar refractivity (Wildman–Crippen MR) is 114 cm³/mol. The molecule has 33 heavy (non-hydrogen) atoms. The summed E-state index contributed by atoms with van der Waals surface area (Å²) in [7, 11) is 0. The molecule has 2 spiro atoms. The molecule has 1 fully saturated rings. The lowest BCUT2D eigenvalue weighted by atomic mass is 9.56. The van der Waals surface area contributed by atoms with E-state index in [1.807, 2.05) is 18.2 Å². The van der Waals surface area contributed by atoms with Crippen molar-refractivity contribution in [3.05, 3.63) is 53.9 Å². The van der Waals surface area contributed by atoms with Crippen molar-refractivity contribution in [2.24, 2.45) is 10.9 Å². The van der Waals surface area contributed by atoms with E-state index in [4.69, 9.17) is 14.9 Å². The molecule has 5 rings (SSSR count). The third kappa shape index (κ3) is 4.19. The summed E-state index contributed by atoms with van der Waals surface area (Å²) in [6.07, 6.45) is 2.02. The van der Waals surface area contributed by atoms with E-state index in [2.05, 4.69) is 27.8 Å². The van der Waals surface area contributed by atoms with Crippen molar-refractivity contribution < 1.29 is 32.3 Å². The van der Waals surface area contributed by atoms with E-state index < -0.39 is 23.2 Å². The van der Waals surface area contributed by atoms with Crippen molar-refractivity contribution in [1.82, 2.24) is 9.62 Å². The fraction of sp³-hybridized carbons (Fsp3) is 0.409. The number of hydrogen-bond donors (Lipinski definition) is 2. The molecule has 2 heterocycles. The molecule has 1 aromatic rings. The molecule has 176 valence electrons. The summed E-state index contributed by atoms with van der Waals surface area (Å²) < 4.78 is 48.3. The number of alkyl halides is 3. The Balaban J connectivity index is 0.000000325. The zero-order chi connectivity index (χ0) is 23.9. The van der Waals surface area contributed by atoms with Crippen molar-refractivity contribution >= 4 is 30.0 Å². The van der Waals surface area contributed by atoms with Crippen LogP contribution in [-0.4, -0.2) is 57.8 Å². The highest BCUT2D eigenvalue weighted by Crippen LogP contribution is 2.54. The minimum absolute atomic E-state index is 0.00531. The topological polar surface area (TPSA) is 82.0 Å². The molecule has 0 radical (unpaired) electrons. The van der Waals surface area contributed by atoms with Crippen LogP contribution in [0.3, 0.4) is 0 Å². The highest BCUT2D eigenvalue weighted by Gasteiger charge is 2.65. The molecule has 6 nitrogen and oxygen atoms in total. The summed E-state index contributed by atoms with van der Waals surface area (Å²) in [6, 6.07) is 10.2.